The van der Waals surface area contributed by atoms with Crippen molar-refractivity contribution in [2.24, 2.45) is 0 Å². The number of carbonyl (C=O) groups is 2. The largest absolute Gasteiger partial charge is 0.454 e. The van der Waals surface area contributed by atoms with Crippen LogP contribution in [0.4, 0.5) is 11.4 Å². The van der Waals surface area contributed by atoms with Crippen molar-refractivity contribution in [2.45, 2.75) is 6.92 Å². The lowest BCUT2D eigenvalue weighted by molar-refractivity contribution is 0.0990. The molecule has 1 aliphatic heterocycles. The van der Waals surface area contributed by atoms with Crippen LogP contribution in [0.5, 0.6) is 11.5 Å². The van der Waals surface area contributed by atoms with Crippen LogP contribution in [0.1, 0.15) is 26.3 Å². The van der Waals surface area contributed by atoms with Crippen LogP contribution in [0.15, 0.2) is 78.9 Å². The van der Waals surface area contributed by atoms with Crippen LogP contribution < -0.4 is 15.0 Å². The average Bonchev–Trinajstić information content (AvgIpc) is 2.88. The summed E-state index contributed by atoms with van der Waals surface area (Å²) in [4.78, 5) is 27.5. The molecule has 0 saturated heterocycles. The molecule has 0 saturated carbocycles. The van der Waals surface area contributed by atoms with Gasteiger partial charge in [0, 0.05) is 18.3 Å². The summed E-state index contributed by atoms with van der Waals surface area (Å²) in [7, 11) is 1.72. The maximum atomic E-state index is 13.1. The summed E-state index contributed by atoms with van der Waals surface area (Å²) in [5, 5.41) is 4.96. The Hall–Kier alpha value is -4.12. The number of benzene rings is 4. The summed E-state index contributed by atoms with van der Waals surface area (Å²) >= 11 is 0. The van der Waals surface area contributed by atoms with Crippen LogP contribution in [0.3, 0.4) is 0 Å². The molecule has 1 heterocycles. The maximum absolute atomic E-state index is 13.1. The van der Waals surface area contributed by atoms with Crippen molar-refractivity contribution in [2.75, 3.05) is 17.3 Å². The van der Waals surface area contributed by atoms with Gasteiger partial charge in [0.05, 0.1) is 11.3 Å². The lowest BCUT2D eigenvalue weighted by atomic mass is 10.1. The first kappa shape index (κ1) is 18.9. The monoisotopic (exact) mass is 408 g/mol. The highest BCUT2D eigenvalue weighted by molar-refractivity contribution is 6.11. The van der Waals surface area contributed by atoms with Gasteiger partial charge < -0.3 is 15.0 Å². The van der Waals surface area contributed by atoms with Gasteiger partial charge in [-0.05, 0) is 65.7 Å². The number of hydrogen-bond acceptors (Lipinski definition) is 3. The second-order valence-corrected chi connectivity index (χ2v) is 7.66. The van der Waals surface area contributed by atoms with E-state index in [4.69, 9.17) is 4.74 Å². The molecule has 1 aliphatic rings. The standard InChI is InChI=1S/C26H20N2O3/c1-16-7-11-24-22(13-16)28(2)26(30)21-15-20(10-12-23(21)31-24)27-25(29)19-9-8-17-5-3-4-6-18(17)14-19/h3-15H,1-2H3,(H,27,29). The number of aryl methyl sites for hydroxylation is 1. The number of nitrogens with one attached hydrogen (secondary N) is 1. The Morgan fingerprint density at radius 2 is 1.65 bits per heavy atom. The number of amides is 2. The first-order valence-electron chi connectivity index (χ1n) is 10.0. The highest BCUT2D eigenvalue weighted by atomic mass is 16.5. The molecule has 0 bridgehead atoms. The van der Waals surface area contributed by atoms with E-state index in [1.807, 2.05) is 61.5 Å². The number of carbonyl (C=O) groups excluding carboxylic acids is 2. The zero-order valence-electron chi connectivity index (χ0n) is 17.2. The summed E-state index contributed by atoms with van der Waals surface area (Å²) in [5.41, 5.74) is 3.23. The Bertz CT molecular complexity index is 1360. The van der Waals surface area contributed by atoms with Crippen LogP contribution in [-0.2, 0) is 0 Å². The minimum absolute atomic E-state index is 0.193. The molecule has 0 aliphatic carbocycles. The Labute approximate surface area is 179 Å². The van der Waals surface area contributed by atoms with E-state index in [1.165, 1.54) is 0 Å². The molecule has 4 aromatic carbocycles. The maximum Gasteiger partial charge on any atom is 0.261 e. The predicted octanol–water partition coefficient (Wildman–Crippen LogP) is 5.78. The van der Waals surface area contributed by atoms with Crippen molar-refractivity contribution in [1.82, 2.24) is 0 Å². The second kappa shape index (κ2) is 7.29. The molecule has 0 unspecified atom stereocenters. The van der Waals surface area contributed by atoms with Crippen molar-refractivity contribution in [3.05, 3.63) is 95.6 Å². The first-order valence-corrected chi connectivity index (χ1v) is 10.0. The first-order chi connectivity index (χ1) is 15.0. The third kappa shape index (κ3) is 3.40. The average molecular weight is 408 g/mol. The number of ether oxygens (including phenoxy) is 1. The molecule has 0 atom stereocenters. The van der Waals surface area contributed by atoms with Gasteiger partial charge in [-0.2, -0.15) is 0 Å². The Morgan fingerprint density at radius 1 is 0.871 bits per heavy atom. The third-order valence-corrected chi connectivity index (χ3v) is 5.48. The van der Waals surface area contributed by atoms with E-state index < -0.39 is 0 Å². The zero-order chi connectivity index (χ0) is 21.5. The zero-order valence-corrected chi connectivity index (χ0v) is 17.2. The van der Waals surface area contributed by atoms with Crippen molar-refractivity contribution >= 4 is 34.0 Å². The number of anilines is 2. The van der Waals surface area contributed by atoms with Gasteiger partial charge in [-0.3, -0.25) is 9.59 Å². The molecule has 2 amide bonds. The summed E-state index contributed by atoms with van der Waals surface area (Å²) in [6.07, 6.45) is 0. The summed E-state index contributed by atoms with van der Waals surface area (Å²) in [6, 6.07) is 24.3. The predicted molar refractivity (Wildman–Crippen MR) is 122 cm³/mol. The molecule has 0 fully saturated rings. The minimum Gasteiger partial charge on any atom is -0.454 e. The highest BCUT2D eigenvalue weighted by Crippen LogP contribution is 2.39. The van der Waals surface area contributed by atoms with E-state index in [-0.39, 0.29) is 11.8 Å². The van der Waals surface area contributed by atoms with Crippen LogP contribution in [-0.4, -0.2) is 18.9 Å². The van der Waals surface area contributed by atoms with Crippen LogP contribution in [0.25, 0.3) is 10.8 Å². The quantitative estimate of drug-likeness (QED) is 0.457. The number of hydrogen-bond donors (Lipinski definition) is 1. The van der Waals surface area contributed by atoms with Gasteiger partial charge in [0.1, 0.15) is 5.75 Å². The summed E-state index contributed by atoms with van der Waals surface area (Å²) < 4.78 is 6.02. The van der Waals surface area contributed by atoms with Crippen molar-refractivity contribution in [1.29, 1.82) is 0 Å². The fraction of sp³-hybridized carbons (Fsp3) is 0.0769. The fourth-order valence-electron chi connectivity index (χ4n) is 3.78. The van der Waals surface area contributed by atoms with E-state index in [1.54, 1.807) is 36.2 Å². The molecule has 31 heavy (non-hydrogen) atoms. The van der Waals surface area contributed by atoms with Gasteiger partial charge in [0.25, 0.3) is 11.8 Å². The summed E-state index contributed by atoms with van der Waals surface area (Å²) in [6.45, 7) is 1.97. The Morgan fingerprint density at radius 3 is 2.48 bits per heavy atom. The molecule has 4 aromatic rings. The van der Waals surface area contributed by atoms with Gasteiger partial charge in [0.15, 0.2) is 5.75 Å². The number of fused-ring (bicyclic) bond motifs is 3. The van der Waals surface area contributed by atoms with E-state index in [0.29, 0.717) is 34.0 Å². The highest BCUT2D eigenvalue weighted by Gasteiger charge is 2.26. The number of rotatable bonds is 2. The molecular formula is C26H20N2O3. The summed E-state index contributed by atoms with van der Waals surface area (Å²) in [5.74, 6) is 0.650. The number of nitrogens with zero attached hydrogens (tertiary/aromatic N) is 1. The van der Waals surface area contributed by atoms with E-state index >= 15 is 0 Å². The third-order valence-electron chi connectivity index (χ3n) is 5.48. The Kier molecular flexibility index (Phi) is 4.44. The molecule has 0 aromatic heterocycles. The van der Waals surface area contributed by atoms with Gasteiger partial charge in [-0.1, -0.05) is 36.4 Å². The van der Waals surface area contributed by atoms with Gasteiger partial charge in [0.2, 0.25) is 0 Å². The molecule has 5 heteroatoms. The lowest BCUT2D eigenvalue weighted by Gasteiger charge is -2.16. The molecular weight excluding hydrogens is 388 g/mol. The lowest BCUT2D eigenvalue weighted by Crippen LogP contribution is -2.25. The van der Waals surface area contributed by atoms with Crippen molar-refractivity contribution < 1.29 is 14.3 Å². The molecule has 1 N–H and O–H groups in total. The fourth-order valence-corrected chi connectivity index (χ4v) is 3.78. The van der Waals surface area contributed by atoms with Gasteiger partial charge in [-0.25, -0.2) is 0 Å². The molecule has 5 nitrogen and oxygen atoms in total. The minimum atomic E-state index is -0.236. The molecule has 5 rings (SSSR count). The van der Waals surface area contributed by atoms with Crippen LogP contribution in [0, 0.1) is 6.92 Å². The van der Waals surface area contributed by atoms with E-state index in [0.717, 1.165) is 16.3 Å². The van der Waals surface area contributed by atoms with E-state index in [9.17, 15) is 9.59 Å². The van der Waals surface area contributed by atoms with Gasteiger partial charge >= 0.3 is 0 Å². The molecule has 152 valence electrons. The second-order valence-electron chi connectivity index (χ2n) is 7.66. The van der Waals surface area contributed by atoms with Crippen molar-refractivity contribution in [3.63, 3.8) is 0 Å². The SMILES string of the molecule is Cc1ccc2c(c1)N(C)C(=O)c1cc(NC(=O)c3ccc4ccccc4c3)ccc1O2. The Balaban J connectivity index is 1.45. The smallest absolute Gasteiger partial charge is 0.261 e. The topological polar surface area (TPSA) is 58.6 Å². The van der Waals surface area contributed by atoms with Crippen LogP contribution >= 0.6 is 0 Å². The van der Waals surface area contributed by atoms with Gasteiger partial charge in [-0.15, -0.1) is 0 Å². The molecule has 0 radical (unpaired) electrons. The molecule has 0 spiro atoms. The van der Waals surface area contributed by atoms with E-state index in [2.05, 4.69) is 5.32 Å². The van der Waals surface area contributed by atoms with Crippen LogP contribution in [0.2, 0.25) is 0 Å². The normalized spacial score (nSPS) is 12.6. The van der Waals surface area contributed by atoms with Crippen molar-refractivity contribution in [3.8, 4) is 11.5 Å².